The number of primary amides is 1. The van der Waals surface area contributed by atoms with E-state index in [4.69, 9.17) is 25.8 Å². The van der Waals surface area contributed by atoms with Crippen molar-refractivity contribution in [2.45, 2.75) is 59.0 Å². The van der Waals surface area contributed by atoms with Crippen molar-refractivity contribution in [1.29, 1.82) is 0 Å². The van der Waals surface area contributed by atoms with E-state index >= 15 is 0 Å². The highest BCUT2D eigenvalue weighted by molar-refractivity contribution is 5.97. The molecule has 2 aromatic rings. The summed E-state index contributed by atoms with van der Waals surface area (Å²) in [5.74, 6) is 5.99. The van der Waals surface area contributed by atoms with Gasteiger partial charge in [-0.05, 0) is 88.9 Å². The summed E-state index contributed by atoms with van der Waals surface area (Å²) in [4.78, 5) is 26.2. The number of carbonyl (C=O) groups is 2. The smallest absolute Gasteiger partial charge is 0.258 e. The van der Waals surface area contributed by atoms with Gasteiger partial charge in [-0.3, -0.25) is 9.59 Å². The minimum absolute atomic E-state index is 0. The zero-order valence-electron chi connectivity index (χ0n) is 22.0. The van der Waals surface area contributed by atoms with Crippen molar-refractivity contribution < 1.29 is 23.8 Å². The van der Waals surface area contributed by atoms with Gasteiger partial charge in [-0.2, -0.15) is 5.10 Å². The molecule has 0 saturated carbocycles. The van der Waals surface area contributed by atoms with Gasteiger partial charge in [0.05, 0.1) is 25.0 Å². The van der Waals surface area contributed by atoms with Gasteiger partial charge in [-0.15, -0.1) is 12.4 Å². The van der Waals surface area contributed by atoms with Crippen LogP contribution < -0.4 is 25.8 Å². The van der Waals surface area contributed by atoms with Crippen LogP contribution in [0.1, 0.15) is 62.9 Å². The van der Waals surface area contributed by atoms with Gasteiger partial charge in [0.1, 0.15) is 17.2 Å². The Morgan fingerprint density at radius 2 is 1.46 bits per heavy atom. The first-order valence-corrected chi connectivity index (χ1v) is 12.2. The number of nitrogens with two attached hydrogens (primary N) is 2. The summed E-state index contributed by atoms with van der Waals surface area (Å²) in [6.45, 7) is 8.61. The second-order valence-electron chi connectivity index (χ2n) is 8.92. The Balaban J connectivity index is 0.00000684. The zero-order chi connectivity index (χ0) is 26.5. The molecule has 0 radical (unpaired) electrons. The van der Waals surface area contributed by atoms with Crippen LogP contribution in [0.2, 0.25) is 0 Å². The third-order valence-corrected chi connectivity index (χ3v) is 5.33. The Bertz CT molecular complexity index is 1000. The minimum Gasteiger partial charge on any atom is -0.494 e. The molecular weight excluding hydrogens is 496 g/mol. The predicted molar refractivity (Wildman–Crippen MR) is 148 cm³/mol. The van der Waals surface area contributed by atoms with Gasteiger partial charge in [0.25, 0.3) is 11.8 Å². The maximum Gasteiger partial charge on any atom is 0.258 e. The van der Waals surface area contributed by atoms with E-state index < -0.39 is 5.91 Å². The van der Waals surface area contributed by atoms with Crippen molar-refractivity contribution in [2.75, 3.05) is 19.8 Å². The van der Waals surface area contributed by atoms with E-state index in [0.717, 1.165) is 30.6 Å². The standard InChI is InChI=1S/C27H38N4O5.ClH/c1-19(2)31(20(3)4)27(33)24-13-12-23(16-25(24)36-18-26(28)32)35-15-7-5-6-14-34-22-10-8-21(9-11-22)17-30-29;/h8-13,16-17,19-20H,5-7,14-15,18,29H2,1-4H3,(H2,28,32);1H. The van der Waals surface area contributed by atoms with Crippen LogP contribution in [-0.4, -0.2) is 54.8 Å². The van der Waals surface area contributed by atoms with Gasteiger partial charge < -0.3 is 30.7 Å². The van der Waals surface area contributed by atoms with Crippen LogP contribution >= 0.6 is 12.4 Å². The van der Waals surface area contributed by atoms with Gasteiger partial charge >= 0.3 is 0 Å². The number of hydrogen-bond acceptors (Lipinski definition) is 7. The molecule has 2 aromatic carbocycles. The second kappa shape index (κ2) is 16.3. The van der Waals surface area contributed by atoms with Crippen LogP contribution in [0.4, 0.5) is 0 Å². The summed E-state index contributed by atoms with van der Waals surface area (Å²) in [6, 6.07) is 12.6. The number of nitrogens with zero attached hydrogens (tertiary/aromatic N) is 2. The summed E-state index contributed by atoms with van der Waals surface area (Å²) < 4.78 is 17.2. The lowest BCUT2D eigenvalue weighted by atomic mass is 10.1. The molecule has 0 saturated heterocycles. The Labute approximate surface area is 225 Å². The van der Waals surface area contributed by atoms with Gasteiger partial charge in [-0.1, -0.05) is 0 Å². The summed E-state index contributed by atoms with van der Waals surface area (Å²) in [7, 11) is 0. The molecule has 0 fully saturated rings. The Morgan fingerprint density at radius 1 is 0.892 bits per heavy atom. The maximum absolute atomic E-state index is 13.2. The van der Waals surface area contributed by atoms with E-state index in [-0.39, 0.29) is 42.8 Å². The van der Waals surface area contributed by atoms with Gasteiger partial charge in [0.15, 0.2) is 6.61 Å². The van der Waals surface area contributed by atoms with Gasteiger partial charge in [0, 0.05) is 18.2 Å². The average molecular weight is 535 g/mol. The lowest BCUT2D eigenvalue weighted by molar-refractivity contribution is -0.119. The van der Waals surface area contributed by atoms with Gasteiger partial charge in [0.2, 0.25) is 0 Å². The number of benzene rings is 2. The summed E-state index contributed by atoms with van der Waals surface area (Å²) in [6.07, 6.45) is 4.23. The van der Waals surface area contributed by atoms with E-state index in [1.807, 2.05) is 52.0 Å². The lowest BCUT2D eigenvalue weighted by Gasteiger charge is -2.31. The molecule has 9 nitrogen and oxygen atoms in total. The highest BCUT2D eigenvalue weighted by Gasteiger charge is 2.25. The Kier molecular flexibility index (Phi) is 13.9. The Hall–Kier alpha value is -3.46. The first kappa shape index (κ1) is 31.6. The molecule has 37 heavy (non-hydrogen) atoms. The third-order valence-electron chi connectivity index (χ3n) is 5.33. The number of hydrazone groups is 1. The molecule has 2 rings (SSSR count). The third kappa shape index (κ3) is 10.6. The zero-order valence-corrected chi connectivity index (χ0v) is 22.8. The van der Waals surface area contributed by atoms with Crippen LogP contribution in [0.25, 0.3) is 0 Å². The number of unbranched alkanes of at least 4 members (excludes halogenated alkanes) is 2. The maximum atomic E-state index is 13.2. The molecule has 204 valence electrons. The molecule has 0 aliphatic carbocycles. The average Bonchev–Trinajstić information content (AvgIpc) is 2.83. The molecule has 2 amide bonds. The molecule has 0 aliphatic heterocycles. The first-order valence-electron chi connectivity index (χ1n) is 12.2. The normalized spacial score (nSPS) is 10.9. The molecule has 0 aliphatic rings. The largest absolute Gasteiger partial charge is 0.494 e. The summed E-state index contributed by atoms with van der Waals surface area (Å²) in [5, 5.41) is 3.49. The second-order valence-corrected chi connectivity index (χ2v) is 8.92. The number of amides is 2. The molecule has 0 atom stereocenters. The van der Waals surface area contributed by atoms with Crippen LogP contribution in [-0.2, 0) is 4.79 Å². The first-order chi connectivity index (χ1) is 17.2. The van der Waals surface area contributed by atoms with Crippen LogP contribution in [0, 0.1) is 0 Å². The lowest BCUT2D eigenvalue weighted by Crippen LogP contribution is -2.42. The van der Waals surface area contributed by atoms with E-state index in [9.17, 15) is 9.59 Å². The van der Waals surface area contributed by atoms with Crippen molar-refractivity contribution >= 4 is 30.4 Å². The molecule has 0 unspecified atom stereocenters. The number of rotatable bonds is 15. The SMILES string of the molecule is CC(C)N(C(=O)c1ccc(OCCCCCOc2ccc(C=NN)cc2)cc1OCC(N)=O)C(C)C.Cl. The molecule has 10 heteroatoms. The molecule has 4 N–H and O–H groups in total. The summed E-state index contributed by atoms with van der Waals surface area (Å²) in [5.41, 5.74) is 6.53. The minimum atomic E-state index is -0.619. The highest BCUT2D eigenvalue weighted by atomic mass is 35.5. The van der Waals surface area contributed by atoms with Crippen molar-refractivity contribution in [3.8, 4) is 17.2 Å². The quantitative estimate of drug-likeness (QED) is 0.153. The fourth-order valence-corrected chi connectivity index (χ4v) is 3.74. The topological polar surface area (TPSA) is 129 Å². The van der Waals surface area contributed by atoms with E-state index in [1.165, 1.54) is 0 Å². The molecule has 0 spiro atoms. The van der Waals surface area contributed by atoms with Crippen molar-refractivity contribution in [2.24, 2.45) is 16.7 Å². The molecular formula is C27H39ClN4O5. The molecule has 0 aromatic heterocycles. The number of hydrogen-bond donors (Lipinski definition) is 2. The van der Waals surface area contributed by atoms with Crippen molar-refractivity contribution in [3.63, 3.8) is 0 Å². The monoisotopic (exact) mass is 534 g/mol. The highest BCUT2D eigenvalue weighted by Crippen LogP contribution is 2.28. The fourth-order valence-electron chi connectivity index (χ4n) is 3.74. The van der Waals surface area contributed by atoms with Crippen molar-refractivity contribution in [3.05, 3.63) is 53.6 Å². The number of halogens is 1. The van der Waals surface area contributed by atoms with E-state index in [2.05, 4.69) is 5.10 Å². The van der Waals surface area contributed by atoms with Crippen LogP contribution in [0.5, 0.6) is 17.2 Å². The number of carbonyl (C=O) groups excluding carboxylic acids is 2. The Morgan fingerprint density at radius 3 is 2.00 bits per heavy atom. The van der Waals surface area contributed by atoms with Gasteiger partial charge in [-0.25, -0.2) is 0 Å². The van der Waals surface area contributed by atoms with Crippen LogP contribution in [0.3, 0.4) is 0 Å². The van der Waals surface area contributed by atoms with E-state index in [1.54, 1.807) is 29.3 Å². The fraction of sp³-hybridized carbons (Fsp3) is 0.444. The van der Waals surface area contributed by atoms with Crippen molar-refractivity contribution in [1.82, 2.24) is 4.90 Å². The number of ether oxygens (including phenoxy) is 3. The van der Waals surface area contributed by atoms with E-state index in [0.29, 0.717) is 24.5 Å². The molecule has 0 heterocycles. The summed E-state index contributed by atoms with van der Waals surface area (Å²) >= 11 is 0. The van der Waals surface area contributed by atoms with Crippen LogP contribution in [0.15, 0.2) is 47.6 Å². The predicted octanol–water partition coefficient (Wildman–Crippen LogP) is 4.15. The molecule has 0 bridgehead atoms.